The molecule has 2 aromatic rings. The summed E-state index contributed by atoms with van der Waals surface area (Å²) >= 11 is 3.34. The zero-order chi connectivity index (χ0) is 15.5. The van der Waals surface area contributed by atoms with Gasteiger partial charge in [-0.15, -0.1) is 0 Å². The van der Waals surface area contributed by atoms with Gasteiger partial charge in [-0.2, -0.15) is 0 Å². The Balaban J connectivity index is 2.36. The second-order valence-corrected chi connectivity index (χ2v) is 6.96. The first-order valence-corrected chi connectivity index (χ1v) is 8.69. The standard InChI is InChI=1S/C14H16BrN3O2S/c1-3-16-12-6-4-5-7-13(12)21(19,20)18-14-8-10(2)11(15)9-17-14/h4-9,16H,3H2,1-2H3,(H,17,18). The van der Waals surface area contributed by atoms with Crippen LogP contribution in [0.3, 0.4) is 0 Å². The zero-order valence-corrected chi connectivity index (χ0v) is 14.1. The molecule has 2 N–H and O–H groups in total. The molecule has 1 aromatic heterocycles. The lowest BCUT2D eigenvalue weighted by Gasteiger charge is -2.13. The minimum Gasteiger partial charge on any atom is -0.384 e. The molecule has 7 heteroatoms. The Bertz CT molecular complexity index is 748. The van der Waals surface area contributed by atoms with Crippen molar-refractivity contribution in [1.29, 1.82) is 0 Å². The van der Waals surface area contributed by atoms with Gasteiger partial charge in [0.05, 0.1) is 5.69 Å². The van der Waals surface area contributed by atoms with Crippen LogP contribution in [0.5, 0.6) is 0 Å². The number of nitrogens with one attached hydrogen (secondary N) is 2. The molecule has 0 fully saturated rings. The molecule has 0 amide bonds. The van der Waals surface area contributed by atoms with Crippen LogP contribution in [0.15, 0.2) is 45.9 Å². The normalized spacial score (nSPS) is 11.2. The molecule has 21 heavy (non-hydrogen) atoms. The molecular formula is C14H16BrN3O2S. The lowest BCUT2D eigenvalue weighted by molar-refractivity contribution is 0.601. The molecule has 0 aliphatic rings. The van der Waals surface area contributed by atoms with Gasteiger partial charge in [-0.25, -0.2) is 13.4 Å². The Morgan fingerprint density at radius 2 is 2.00 bits per heavy atom. The van der Waals surface area contributed by atoms with Gasteiger partial charge in [-0.1, -0.05) is 12.1 Å². The van der Waals surface area contributed by atoms with Crippen molar-refractivity contribution in [3.63, 3.8) is 0 Å². The number of aromatic nitrogens is 1. The molecule has 0 unspecified atom stereocenters. The fourth-order valence-electron chi connectivity index (χ4n) is 1.83. The first-order chi connectivity index (χ1) is 9.94. The van der Waals surface area contributed by atoms with Gasteiger partial charge in [0, 0.05) is 17.2 Å². The average molecular weight is 370 g/mol. The summed E-state index contributed by atoms with van der Waals surface area (Å²) in [5.74, 6) is 0.294. The van der Waals surface area contributed by atoms with E-state index in [1.165, 1.54) is 0 Å². The Kier molecular flexibility index (Phi) is 4.84. The molecular weight excluding hydrogens is 354 g/mol. The third-order valence-electron chi connectivity index (χ3n) is 2.83. The number of halogens is 1. The third-order valence-corrected chi connectivity index (χ3v) is 5.07. The number of para-hydroxylation sites is 1. The highest BCUT2D eigenvalue weighted by molar-refractivity contribution is 9.10. The highest BCUT2D eigenvalue weighted by Crippen LogP contribution is 2.24. The molecule has 0 aliphatic carbocycles. The molecule has 0 atom stereocenters. The van der Waals surface area contributed by atoms with Crippen LogP contribution in [0.4, 0.5) is 11.5 Å². The van der Waals surface area contributed by atoms with Gasteiger partial charge in [0.1, 0.15) is 10.7 Å². The molecule has 0 spiro atoms. The van der Waals surface area contributed by atoms with Crippen LogP contribution in [0, 0.1) is 6.92 Å². The predicted octanol–water partition coefficient (Wildman–Crippen LogP) is 3.39. The number of rotatable bonds is 5. The number of benzene rings is 1. The molecule has 0 saturated heterocycles. The van der Waals surface area contributed by atoms with Crippen LogP contribution in [0.1, 0.15) is 12.5 Å². The number of nitrogens with zero attached hydrogens (tertiary/aromatic N) is 1. The van der Waals surface area contributed by atoms with E-state index in [4.69, 9.17) is 0 Å². The molecule has 0 radical (unpaired) electrons. The molecule has 5 nitrogen and oxygen atoms in total. The van der Waals surface area contributed by atoms with Crippen molar-refractivity contribution in [3.8, 4) is 0 Å². The summed E-state index contributed by atoms with van der Waals surface area (Å²) < 4.78 is 28.3. The Hall–Kier alpha value is -1.60. The van der Waals surface area contributed by atoms with E-state index in [1.807, 2.05) is 13.8 Å². The highest BCUT2D eigenvalue weighted by Gasteiger charge is 2.18. The van der Waals surface area contributed by atoms with Gasteiger partial charge in [0.25, 0.3) is 10.0 Å². The smallest absolute Gasteiger partial charge is 0.265 e. The van der Waals surface area contributed by atoms with Crippen molar-refractivity contribution in [2.45, 2.75) is 18.7 Å². The van der Waals surface area contributed by atoms with Crippen molar-refractivity contribution in [3.05, 3.63) is 46.6 Å². The van der Waals surface area contributed by atoms with E-state index in [0.717, 1.165) is 10.0 Å². The zero-order valence-electron chi connectivity index (χ0n) is 11.7. The second kappa shape index (κ2) is 6.44. The first kappa shape index (κ1) is 15.8. The van der Waals surface area contributed by atoms with Crippen molar-refractivity contribution >= 4 is 37.5 Å². The van der Waals surface area contributed by atoms with Crippen LogP contribution in [0.2, 0.25) is 0 Å². The Morgan fingerprint density at radius 1 is 1.29 bits per heavy atom. The summed E-state index contributed by atoms with van der Waals surface area (Å²) in [7, 11) is -3.69. The Morgan fingerprint density at radius 3 is 2.67 bits per heavy atom. The summed E-state index contributed by atoms with van der Waals surface area (Å²) in [5, 5.41) is 3.04. The van der Waals surface area contributed by atoms with Crippen molar-refractivity contribution < 1.29 is 8.42 Å². The van der Waals surface area contributed by atoms with Gasteiger partial charge in [-0.3, -0.25) is 4.72 Å². The monoisotopic (exact) mass is 369 g/mol. The van der Waals surface area contributed by atoms with Gasteiger partial charge in [-0.05, 0) is 53.5 Å². The van der Waals surface area contributed by atoms with Crippen LogP contribution in [-0.4, -0.2) is 19.9 Å². The van der Waals surface area contributed by atoms with Crippen molar-refractivity contribution in [2.24, 2.45) is 0 Å². The SMILES string of the molecule is CCNc1ccccc1S(=O)(=O)Nc1cc(C)c(Br)cn1. The van der Waals surface area contributed by atoms with E-state index < -0.39 is 10.0 Å². The van der Waals surface area contributed by atoms with E-state index >= 15 is 0 Å². The number of aryl methyl sites for hydroxylation is 1. The lowest BCUT2D eigenvalue weighted by Crippen LogP contribution is -2.16. The summed E-state index contributed by atoms with van der Waals surface area (Å²) in [6.45, 7) is 4.43. The molecule has 2 rings (SSSR count). The maximum absolute atomic E-state index is 12.5. The van der Waals surface area contributed by atoms with Crippen LogP contribution < -0.4 is 10.0 Å². The van der Waals surface area contributed by atoms with E-state index in [0.29, 0.717) is 18.1 Å². The average Bonchev–Trinajstić information content (AvgIpc) is 2.43. The number of hydrogen-bond acceptors (Lipinski definition) is 4. The second-order valence-electron chi connectivity index (χ2n) is 4.45. The topological polar surface area (TPSA) is 71.1 Å². The third kappa shape index (κ3) is 3.74. The van der Waals surface area contributed by atoms with E-state index in [9.17, 15) is 8.42 Å². The Labute approximate surface area is 133 Å². The number of anilines is 2. The number of sulfonamides is 1. The van der Waals surface area contributed by atoms with Crippen LogP contribution in [0.25, 0.3) is 0 Å². The summed E-state index contributed by atoms with van der Waals surface area (Å²) in [6.07, 6.45) is 1.57. The molecule has 112 valence electrons. The fourth-order valence-corrected chi connectivity index (χ4v) is 3.23. The number of pyridine rings is 1. The quantitative estimate of drug-likeness (QED) is 0.847. The molecule has 0 bridgehead atoms. The van der Waals surface area contributed by atoms with Gasteiger partial charge in [0.15, 0.2) is 0 Å². The van der Waals surface area contributed by atoms with Gasteiger partial charge in [0.2, 0.25) is 0 Å². The van der Waals surface area contributed by atoms with Crippen LogP contribution in [-0.2, 0) is 10.0 Å². The van der Waals surface area contributed by atoms with Crippen molar-refractivity contribution in [1.82, 2.24) is 4.98 Å². The van der Waals surface area contributed by atoms with Crippen LogP contribution >= 0.6 is 15.9 Å². The van der Waals surface area contributed by atoms with Crippen molar-refractivity contribution in [2.75, 3.05) is 16.6 Å². The predicted molar refractivity (Wildman–Crippen MR) is 88.1 cm³/mol. The molecule has 0 aliphatic heterocycles. The summed E-state index contributed by atoms with van der Waals surface area (Å²) in [4.78, 5) is 4.27. The van der Waals surface area contributed by atoms with E-state index in [2.05, 4.69) is 31.0 Å². The largest absolute Gasteiger partial charge is 0.384 e. The molecule has 1 heterocycles. The lowest BCUT2D eigenvalue weighted by atomic mass is 10.3. The summed E-state index contributed by atoms with van der Waals surface area (Å²) in [6, 6.07) is 8.45. The maximum Gasteiger partial charge on any atom is 0.265 e. The number of hydrogen-bond donors (Lipinski definition) is 2. The van der Waals surface area contributed by atoms with E-state index in [-0.39, 0.29) is 4.90 Å². The van der Waals surface area contributed by atoms with E-state index in [1.54, 1.807) is 36.5 Å². The minimum atomic E-state index is -3.69. The fraction of sp³-hybridized carbons (Fsp3) is 0.214. The van der Waals surface area contributed by atoms with Gasteiger partial charge >= 0.3 is 0 Å². The molecule has 0 saturated carbocycles. The minimum absolute atomic E-state index is 0.203. The summed E-state index contributed by atoms with van der Waals surface area (Å²) in [5.41, 5.74) is 1.48. The maximum atomic E-state index is 12.5. The molecule has 1 aromatic carbocycles. The first-order valence-electron chi connectivity index (χ1n) is 6.42. The van der Waals surface area contributed by atoms with Gasteiger partial charge < -0.3 is 5.32 Å². The highest BCUT2D eigenvalue weighted by atomic mass is 79.9.